The van der Waals surface area contributed by atoms with E-state index in [1.807, 2.05) is 26.0 Å². The zero-order chi connectivity index (χ0) is 12.6. The summed E-state index contributed by atoms with van der Waals surface area (Å²) in [6.45, 7) is 3.96. The van der Waals surface area contributed by atoms with Crippen LogP contribution in [-0.2, 0) is 0 Å². The van der Waals surface area contributed by atoms with E-state index in [-0.39, 0.29) is 17.7 Å². The fourth-order valence-electron chi connectivity index (χ4n) is 2.38. The Morgan fingerprint density at radius 1 is 1.29 bits per heavy atom. The number of hydrogen-bond donors (Lipinski definition) is 1. The second-order valence-electron chi connectivity index (χ2n) is 4.86. The third-order valence-corrected chi connectivity index (χ3v) is 3.77. The number of hydrogen-bond acceptors (Lipinski definition) is 3. The van der Waals surface area contributed by atoms with Crippen LogP contribution in [0.3, 0.4) is 0 Å². The molecule has 0 saturated heterocycles. The van der Waals surface area contributed by atoms with Crippen molar-refractivity contribution >= 4 is 5.78 Å². The second-order valence-corrected chi connectivity index (χ2v) is 4.86. The molecular weight excluding hydrogens is 214 g/mol. The molecule has 17 heavy (non-hydrogen) atoms. The number of ketones is 1. The lowest BCUT2D eigenvalue weighted by atomic mass is 9.75. The highest BCUT2D eigenvalue weighted by Crippen LogP contribution is 2.32. The molecule has 0 unspecified atom stereocenters. The largest absolute Gasteiger partial charge is 0.496 e. The number of benzene rings is 1. The lowest BCUT2D eigenvalue weighted by Gasteiger charge is -2.31. The minimum absolute atomic E-state index is 0.122. The van der Waals surface area contributed by atoms with Crippen molar-refractivity contribution in [3.8, 4) is 5.75 Å². The van der Waals surface area contributed by atoms with Gasteiger partial charge in [0.25, 0.3) is 0 Å². The van der Waals surface area contributed by atoms with Gasteiger partial charge in [0.15, 0.2) is 5.78 Å². The minimum Gasteiger partial charge on any atom is -0.496 e. The lowest BCUT2D eigenvalue weighted by molar-refractivity contribution is 0.0832. The van der Waals surface area contributed by atoms with Crippen molar-refractivity contribution in [1.29, 1.82) is 0 Å². The molecule has 1 saturated carbocycles. The lowest BCUT2D eigenvalue weighted by Crippen LogP contribution is -2.40. The number of rotatable bonds is 3. The molecule has 92 valence electrons. The second kappa shape index (κ2) is 4.49. The van der Waals surface area contributed by atoms with Crippen LogP contribution in [0.5, 0.6) is 5.75 Å². The van der Waals surface area contributed by atoms with E-state index in [1.54, 1.807) is 7.11 Å². The standard InChI is InChI=1S/C14H19NO2/c1-8-9(2)13(17-3)5-4-12(8)14(16)10-6-11(15)7-10/h4-5,10-11H,6-7,15H2,1-3H3. The SMILES string of the molecule is COc1ccc(C(=O)C2CC(N)C2)c(C)c1C. The van der Waals surface area contributed by atoms with Gasteiger partial charge >= 0.3 is 0 Å². The molecule has 1 aromatic rings. The third kappa shape index (κ3) is 2.07. The molecule has 2 rings (SSSR count). The van der Waals surface area contributed by atoms with Crippen molar-refractivity contribution in [3.63, 3.8) is 0 Å². The number of ether oxygens (including phenoxy) is 1. The molecule has 1 aliphatic carbocycles. The zero-order valence-electron chi connectivity index (χ0n) is 10.6. The average molecular weight is 233 g/mol. The van der Waals surface area contributed by atoms with Crippen molar-refractivity contribution in [2.24, 2.45) is 11.7 Å². The van der Waals surface area contributed by atoms with Gasteiger partial charge in [-0.2, -0.15) is 0 Å². The van der Waals surface area contributed by atoms with E-state index in [1.165, 1.54) is 0 Å². The molecule has 3 heteroatoms. The molecule has 0 bridgehead atoms. The molecule has 1 aliphatic rings. The van der Waals surface area contributed by atoms with Gasteiger partial charge in [0.05, 0.1) is 7.11 Å². The quantitative estimate of drug-likeness (QED) is 0.814. The van der Waals surface area contributed by atoms with Gasteiger partial charge in [-0.1, -0.05) is 0 Å². The molecule has 0 radical (unpaired) electrons. The summed E-state index contributed by atoms with van der Waals surface area (Å²) in [5.41, 5.74) is 8.61. The highest BCUT2D eigenvalue weighted by atomic mass is 16.5. The summed E-state index contributed by atoms with van der Waals surface area (Å²) >= 11 is 0. The summed E-state index contributed by atoms with van der Waals surface area (Å²) in [6, 6.07) is 3.95. The van der Waals surface area contributed by atoms with Gasteiger partial charge in [-0.3, -0.25) is 4.79 Å². The molecular formula is C14H19NO2. The summed E-state index contributed by atoms with van der Waals surface area (Å²) in [5, 5.41) is 0. The van der Waals surface area contributed by atoms with E-state index in [4.69, 9.17) is 10.5 Å². The van der Waals surface area contributed by atoms with Crippen molar-refractivity contribution in [3.05, 3.63) is 28.8 Å². The van der Waals surface area contributed by atoms with Crippen LogP contribution in [0.15, 0.2) is 12.1 Å². The Morgan fingerprint density at radius 3 is 2.47 bits per heavy atom. The van der Waals surface area contributed by atoms with E-state index < -0.39 is 0 Å². The third-order valence-electron chi connectivity index (χ3n) is 3.77. The number of methoxy groups -OCH3 is 1. The first-order valence-electron chi connectivity index (χ1n) is 5.98. The normalized spacial score (nSPS) is 23.1. The van der Waals surface area contributed by atoms with Gasteiger partial charge in [0.1, 0.15) is 5.75 Å². The highest BCUT2D eigenvalue weighted by molar-refractivity contribution is 6.00. The topological polar surface area (TPSA) is 52.3 Å². The summed E-state index contributed by atoms with van der Waals surface area (Å²) < 4.78 is 5.25. The summed E-state index contributed by atoms with van der Waals surface area (Å²) in [7, 11) is 1.65. The Balaban J connectivity index is 2.27. The predicted octanol–water partition coefficient (Wildman–Crippen LogP) is 2.23. The van der Waals surface area contributed by atoms with Crippen molar-refractivity contribution < 1.29 is 9.53 Å². The maximum absolute atomic E-state index is 12.2. The molecule has 0 amide bonds. The fraction of sp³-hybridized carbons (Fsp3) is 0.500. The monoisotopic (exact) mass is 233 g/mol. The van der Waals surface area contributed by atoms with E-state index in [9.17, 15) is 4.79 Å². The minimum atomic E-state index is 0.122. The molecule has 0 spiro atoms. The first-order valence-corrected chi connectivity index (χ1v) is 5.98. The van der Waals surface area contributed by atoms with Crippen LogP contribution in [-0.4, -0.2) is 18.9 Å². The highest BCUT2D eigenvalue weighted by Gasteiger charge is 2.33. The van der Waals surface area contributed by atoms with Gasteiger partial charge in [0.2, 0.25) is 0 Å². The van der Waals surface area contributed by atoms with Gasteiger partial charge < -0.3 is 10.5 Å². The molecule has 0 atom stereocenters. The number of carbonyl (C=O) groups is 1. The Kier molecular flexibility index (Phi) is 3.20. The maximum Gasteiger partial charge on any atom is 0.166 e. The van der Waals surface area contributed by atoms with Gasteiger partial charge in [-0.25, -0.2) is 0 Å². The van der Waals surface area contributed by atoms with E-state index in [0.717, 1.165) is 35.3 Å². The molecule has 3 nitrogen and oxygen atoms in total. The first kappa shape index (κ1) is 12.1. The molecule has 0 aromatic heterocycles. The van der Waals surface area contributed by atoms with Crippen LogP contribution >= 0.6 is 0 Å². The van der Waals surface area contributed by atoms with Crippen LogP contribution in [0.4, 0.5) is 0 Å². The Bertz CT molecular complexity index is 448. The molecule has 2 N–H and O–H groups in total. The van der Waals surface area contributed by atoms with Gasteiger partial charge in [0, 0.05) is 17.5 Å². The summed E-state index contributed by atoms with van der Waals surface area (Å²) in [6.07, 6.45) is 1.65. The summed E-state index contributed by atoms with van der Waals surface area (Å²) in [5.74, 6) is 1.19. The smallest absolute Gasteiger partial charge is 0.166 e. The molecule has 0 heterocycles. The molecule has 1 aromatic carbocycles. The maximum atomic E-state index is 12.2. The Hall–Kier alpha value is -1.35. The average Bonchev–Trinajstić information content (AvgIpc) is 2.28. The fourth-order valence-corrected chi connectivity index (χ4v) is 2.38. The summed E-state index contributed by atoms with van der Waals surface area (Å²) in [4.78, 5) is 12.2. The van der Waals surface area contributed by atoms with Crippen LogP contribution in [0, 0.1) is 19.8 Å². The van der Waals surface area contributed by atoms with Crippen molar-refractivity contribution in [1.82, 2.24) is 0 Å². The van der Waals surface area contributed by atoms with Crippen LogP contribution < -0.4 is 10.5 Å². The Labute approximate surface area is 102 Å². The van der Waals surface area contributed by atoms with E-state index >= 15 is 0 Å². The van der Waals surface area contributed by atoms with Gasteiger partial charge in [-0.15, -0.1) is 0 Å². The van der Waals surface area contributed by atoms with Crippen LogP contribution in [0.2, 0.25) is 0 Å². The van der Waals surface area contributed by atoms with Crippen molar-refractivity contribution in [2.45, 2.75) is 32.7 Å². The van der Waals surface area contributed by atoms with Crippen molar-refractivity contribution in [2.75, 3.05) is 7.11 Å². The number of nitrogens with two attached hydrogens (primary N) is 1. The predicted molar refractivity (Wildman–Crippen MR) is 67.5 cm³/mol. The van der Waals surface area contributed by atoms with Gasteiger partial charge in [-0.05, 0) is 49.9 Å². The van der Waals surface area contributed by atoms with E-state index in [0.29, 0.717) is 0 Å². The first-order chi connectivity index (χ1) is 8.04. The van der Waals surface area contributed by atoms with E-state index in [2.05, 4.69) is 0 Å². The molecule has 0 aliphatic heterocycles. The number of carbonyl (C=O) groups excluding carboxylic acids is 1. The zero-order valence-corrected chi connectivity index (χ0v) is 10.6. The van der Waals surface area contributed by atoms with Crippen LogP contribution in [0.25, 0.3) is 0 Å². The van der Waals surface area contributed by atoms with Crippen LogP contribution in [0.1, 0.15) is 34.3 Å². The number of Topliss-reactive ketones (excluding diaryl/α,β-unsaturated/α-hetero) is 1. The molecule has 1 fully saturated rings. The Morgan fingerprint density at radius 2 is 1.94 bits per heavy atom.